The van der Waals surface area contributed by atoms with Crippen molar-refractivity contribution >= 4 is 0 Å². The van der Waals surface area contributed by atoms with Gasteiger partial charge in [-0.05, 0) is 13.8 Å². The van der Waals surface area contributed by atoms with Gasteiger partial charge in [-0.25, -0.2) is 4.98 Å². The minimum atomic E-state index is 0.127. The molecule has 1 N–H and O–H groups in total. The molecule has 4 heteroatoms. The first-order chi connectivity index (χ1) is 6.74. The molecule has 1 aliphatic heterocycles. The van der Waals surface area contributed by atoms with Crippen LogP contribution in [0.1, 0.15) is 24.0 Å². The summed E-state index contributed by atoms with van der Waals surface area (Å²) in [7, 11) is 0. The van der Waals surface area contributed by atoms with Crippen LogP contribution in [0.5, 0.6) is 0 Å². The fourth-order valence-corrected chi connectivity index (χ4v) is 1.93. The molecule has 0 radical (unpaired) electrons. The van der Waals surface area contributed by atoms with Crippen molar-refractivity contribution in [2.24, 2.45) is 0 Å². The van der Waals surface area contributed by atoms with Crippen LogP contribution in [0, 0.1) is 6.92 Å². The average Bonchev–Trinajstić information content (AvgIpc) is 2.18. The second kappa shape index (κ2) is 3.53. The summed E-state index contributed by atoms with van der Waals surface area (Å²) in [6.45, 7) is 6.16. The van der Waals surface area contributed by atoms with Gasteiger partial charge in [-0.3, -0.25) is 9.36 Å². The SMILES string of the molecule is CCn1c(C)nc2c(c1=O)CNCC2. The summed E-state index contributed by atoms with van der Waals surface area (Å²) in [6, 6.07) is 0. The van der Waals surface area contributed by atoms with Crippen LogP contribution in [0.25, 0.3) is 0 Å². The molecular formula is C10H15N3O. The Morgan fingerprint density at radius 3 is 3.07 bits per heavy atom. The number of hydrogen-bond donors (Lipinski definition) is 1. The number of nitrogens with one attached hydrogen (secondary N) is 1. The van der Waals surface area contributed by atoms with Crippen molar-refractivity contribution < 1.29 is 0 Å². The van der Waals surface area contributed by atoms with Gasteiger partial charge in [0.1, 0.15) is 5.82 Å². The normalized spacial score (nSPS) is 15.3. The van der Waals surface area contributed by atoms with Crippen molar-refractivity contribution in [3.63, 3.8) is 0 Å². The first-order valence-corrected chi connectivity index (χ1v) is 5.04. The number of nitrogens with zero attached hydrogens (tertiary/aromatic N) is 2. The molecule has 0 aromatic carbocycles. The van der Waals surface area contributed by atoms with Crippen molar-refractivity contribution in [1.29, 1.82) is 0 Å². The highest BCUT2D eigenvalue weighted by Gasteiger charge is 2.16. The van der Waals surface area contributed by atoms with Crippen molar-refractivity contribution in [2.75, 3.05) is 6.54 Å². The highest BCUT2D eigenvalue weighted by Crippen LogP contribution is 2.07. The molecule has 76 valence electrons. The fraction of sp³-hybridized carbons (Fsp3) is 0.600. The van der Waals surface area contributed by atoms with E-state index in [0.29, 0.717) is 13.1 Å². The topological polar surface area (TPSA) is 46.9 Å². The number of aryl methyl sites for hydroxylation is 1. The summed E-state index contributed by atoms with van der Waals surface area (Å²) < 4.78 is 1.73. The Morgan fingerprint density at radius 1 is 1.57 bits per heavy atom. The molecule has 2 rings (SSSR count). The molecule has 0 unspecified atom stereocenters. The monoisotopic (exact) mass is 193 g/mol. The molecule has 0 fully saturated rings. The lowest BCUT2D eigenvalue weighted by molar-refractivity contribution is 0.580. The van der Waals surface area contributed by atoms with Crippen LogP contribution in [0.15, 0.2) is 4.79 Å². The van der Waals surface area contributed by atoms with Crippen LogP contribution in [0.3, 0.4) is 0 Å². The Kier molecular flexibility index (Phi) is 2.37. The molecule has 14 heavy (non-hydrogen) atoms. The molecule has 0 saturated heterocycles. The predicted octanol–water partition coefficient (Wildman–Crippen LogP) is 0.217. The van der Waals surface area contributed by atoms with Gasteiger partial charge in [-0.1, -0.05) is 0 Å². The maximum Gasteiger partial charge on any atom is 0.258 e. The summed E-state index contributed by atoms with van der Waals surface area (Å²) in [5.41, 5.74) is 1.96. The van der Waals surface area contributed by atoms with Crippen molar-refractivity contribution in [3.05, 3.63) is 27.4 Å². The molecule has 0 amide bonds. The number of hydrogen-bond acceptors (Lipinski definition) is 3. The maximum atomic E-state index is 11.9. The second-order valence-corrected chi connectivity index (χ2v) is 3.56. The van der Waals surface area contributed by atoms with Crippen LogP contribution in [0.4, 0.5) is 0 Å². The minimum absolute atomic E-state index is 0.127. The fourth-order valence-electron chi connectivity index (χ4n) is 1.93. The number of aromatic nitrogens is 2. The molecule has 1 aromatic rings. The zero-order chi connectivity index (χ0) is 10.1. The zero-order valence-corrected chi connectivity index (χ0v) is 8.63. The largest absolute Gasteiger partial charge is 0.312 e. The number of fused-ring (bicyclic) bond motifs is 1. The Hall–Kier alpha value is -1.16. The van der Waals surface area contributed by atoms with Gasteiger partial charge < -0.3 is 5.32 Å². The lowest BCUT2D eigenvalue weighted by Crippen LogP contribution is -2.35. The third kappa shape index (κ3) is 1.35. The van der Waals surface area contributed by atoms with Crippen molar-refractivity contribution in [3.8, 4) is 0 Å². The molecular weight excluding hydrogens is 178 g/mol. The Balaban J connectivity index is 2.64. The molecule has 0 aliphatic carbocycles. The van der Waals surface area contributed by atoms with Crippen LogP contribution >= 0.6 is 0 Å². The lowest BCUT2D eigenvalue weighted by Gasteiger charge is -2.18. The van der Waals surface area contributed by atoms with E-state index in [9.17, 15) is 4.79 Å². The van der Waals surface area contributed by atoms with Crippen LogP contribution in [-0.4, -0.2) is 16.1 Å². The van der Waals surface area contributed by atoms with Gasteiger partial charge in [0.2, 0.25) is 0 Å². The molecule has 0 saturated carbocycles. The van der Waals surface area contributed by atoms with E-state index in [1.54, 1.807) is 4.57 Å². The van der Waals surface area contributed by atoms with Crippen LogP contribution < -0.4 is 10.9 Å². The molecule has 1 aromatic heterocycles. The summed E-state index contributed by atoms with van der Waals surface area (Å²) in [6.07, 6.45) is 0.871. The van der Waals surface area contributed by atoms with Gasteiger partial charge in [0.15, 0.2) is 0 Å². The van der Waals surface area contributed by atoms with Crippen LogP contribution in [0.2, 0.25) is 0 Å². The molecule has 0 atom stereocenters. The van der Waals surface area contributed by atoms with E-state index in [0.717, 1.165) is 30.0 Å². The quantitative estimate of drug-likeness (QED) is 0.694. The standard InChI is InChI=1S/C10H15N3O/c1-3-13-7(2)12-9-4-5-11-6-8(9)10(13)14/h11H,3-6H2,1-2H3. The van der Waals surface area contributed by atoms with Gasteiger partial charge >= 0.3 is 0 Å². The van der Waals surface area contributed by atoms with E-state index in [1.807, 2.05) is 13.8 Å². The molecule has 2 heterocycles. The van der Waals surface area contributed by atoms with E-state index in [2.05, 4.69) is 10.3 Å². The Bertz CT molecular complexity index is 409. The molecule has 0 spiro atoms. The first-order valence-electron chi connectivity index (χ1n) is 5.04. The number of rotatable bonds is 1. The molecule has 1 aliphatic rings. The molecule has 0 bridgehead atoms. The summed E-state index contributed by atoms with van der Waals surface area (Å²) in [5.74, 6) is 0.832. The first kappa shape index (κ1) is 9.40. The van der Waals surface area contributed by atoms with E-state index >= 15 is 0 Å². The van der Waals surface area contributed by atoms with Gasteiger partial charge in [0.25, 0.3) is 5.56 Å². The average molecular weight is 193 g/mol. The second-order valence-electron chi connectivity index (χ2n) is 3.56. The third-order valence-electron chi connectivity index (χ3n) is 2.70. The third-order valence-corrected chi connectivity index (χ3v) is 2.70. The lowest BCUT2D eigenvalue weighted by atomic mass is 10.1. The summed E-state index contributed by atoms with van der Waals surface area (Å²) in [4.78, 5) is 16.4. The van der Waals surface area contributed by atoms with Crippen molar-refractivity contribution in [1.82, 2.24) is 14.9 Å². The summed E-state index contributed by atoms with van der Waals surface area (Å²) >= 11 is 0. The van der Waals surface area contributed by atoms with Gasteiger partial charge in [-0.15, -0.1) is 0 Å². The van der Waals surface area contributed by atoms with Gasteiger partial charge in [0, 0.05) is 26.1 Å². The van der Waals surface area contributed by atoms with Gasteiger partial charge in [0.05, 0.1) is 11.3 Å². The smallest absolute Gasteiger partial charge is 0.258 e. The highest BCUT2D eigenvalue weighted by molar-refractivity contribution is 5.21. The zero-order valence-electron chi connectivity index (χ0n) is 8.63. The Morgan fingerprint density at radius 2 is 2.36 bits per heavy atom. The van der Waals surface area contributed by atoms with Crippen molar-refractivity contribution in [2.45, 2.75) is 33.4 Å². The Labute approximate surface area is 83.0 Å². The van der Waals surface area contributed by atoms with E-state index < -0.39 is 0 Å². The predicted molar refractivity (Wildman–Crippen MR) is 54.3 cm³/mol. The molecule has 4 nitrogen and oxygen atoms in total. The minimum Gasteiger partial charge on any atom is -0.312 e. The van der Waals surface area contributed by atoms with E-state index in [1.165, 1.54) is 0 Å². The highest BCUT2D eigenvalue weighted by atomic mass is 16.1. The van der Waals surface area contributed by atoms with Gasteiger partial charge in [-0.2, -0.15) is 0 Å². The summed E-state index contributed by atoms with van der Waals surface area (Å²) in [5, 5.41) is 3.20. The van der Waals surface area contributed by atoms with E-state index in [4.69, 9.17) is 0 Å². The maximum absolute atomic E-state index is 11.9. The van der Waals surface area contributed by atoms with E-state index in [-0.39, 0.29) is 5.56 Å². The van der Waals surface area contributed by atoms with Crippen LogP contribution in [-0.2, 0) is 19.5 Å².